The van der Waals surface area contributed by atoms with Crippen LogP contribution < -0.4 is 10.5 Å². The number of aryl methyl sites for hydroxylation is 1. The number of benzene rings is 2. The van der Waals surface area contributed by atoms with E-state index in [1.807, 2.05) is 24.3 Å². The summed E-state index contributed by atoms with van der Waals surface area (Å²) >= 11 is 0. The molecule has 2 N–H and O–H groups in total. The normalized spacial score (nSPS) is 18.7. The number of hydrogen-bond donors (Lipinski definition) is 1. The maximum absolute atomic E-state index is 14.2. The number of rotatable bonds is 3. The first-order chi connectivity index (χ1) is 10.2. The van der Waals surface area contributed by atoms with Gasteiger partial charge in [0.25, 0.3) is 0 Å². The number of ether oxygens (including phenoxy) is 1. The van der Waals surface area contributed by atoms with Gasteiger partial charge in [-0.15, -0.1) is 0 Å². The van der Waals surface area contributed by atoms with E-state index >= 15 is 0 Å². The third-order valence-corrected chi connectivity index (χ3v) is 4.24. The Kier molecular flexibility index (Phi) is 3.93. The van der Waals surface area contributed by atoms with Crippen LogP contribution in [0.15, 0.2) is 42.5 Å². The van der Waals surface area contributed by atoms with Gasteiger partial charge in [-0.3, -0.25) is 0 Å². The lowest BCUT2D eigenvalue weighted by atomic mass is 9.85. The van der Waals surface area contributed by atoms with Gasteiger partial charge in [-0.2, -0.15) is 0 Å². The van der Waals surface area contributed by atoms with Crippen LogP contribution in [0.5, 0.6) is 5.75 Å². The minimum Gasteiger partial charge on any atom is -0.493 e. The molecular formula is C18H20FNO. The van der Waals surface area contributed by atoms with E-state index in [1.165, 1.54) is 5.56 Å². The predicted octanol–water partition coefficient (Wildman–Crippen LogP) is 4.09. The van der Waals surface area contributed by atoms with Crippen LogP contribution in [-0.4, -0.2) is 6.61 Å². The average Bonchev–Trinajstić information content (AvgIpc) is 2.50. The lowest BCUT2D eigenvalue weighted by Crippen LogP contribution is -2.21. The van der Waals surface area contributed by atoms with Gasteiger partial charge >= 0.3 is 0 Å². The minimum absolute atomic E-state index is 0.176. The van der Waals surface area contributed by atoms with Crippen molar-refractivity contribution in [1.29, 1.82) is 0 Å². The zero-order valence-electron chi connectivity index (χ0n) is 12.2. The molecular weight excluding hydrogens is 265 g/mol. The molecule has 21 heavy (non-hydrogen) atoms. The molecule has 0 radical (unpaired) electrons. The lowest BCUT2D eigenvalue weighted by Gasteiger charge is -2.28. The molecule has 1 aliphatic rings. The van der Waals surface area contributed by atoms with Gasteiger partial charge in [0.15, 0.2) is 0 Å². The lowest BCUT2D eigenvalue weighted by molar-refractivity contribution is 0.258. The highest BCUT2D eigenvalue weighted by Crippen LogP contribution is 2.38. The second-order valence-electron chi connectivity index (χ2n) is 5.69. The third kappa shape index (κ3) is 2.79. The van der Waals surface area contributed by atoms with E-state index in [-0.39, 0.29) is 11.9 Å². The van der Waals surface area contributed by atoms with Crippen molar-refractivity contribution in [2.75, 3.05) is 6.61 Å². The van der Waals surface area contributed by atoms with Crippen molar-refractivity contribution in [3.8, 4) is 5.75 Å². The Morgan fingerprint density at radius 3 is 2.90 bits per heavy atom. The molecule has 110 valence electrons. The van der Waals surface area contributed by atoms with Crippen molar-refractivity contribution >= 4 is 0 Å². The van der Waals surface area contributed by atoms with Crippen LogP contribution in [-0.2, 0) is 0 Å². The second kappa shape index (κ2) is 5.86. The largest absolute Gasteiger partial charge is 0.493 e. The third-order valence-electron chi connectivity index (χ3n) is 4.24. The standard InChI is InChI=1S/C18H20FNO/c1-12-5-4-7-15(18(12)19)16(20)11-13-9-10-21-17-8-3-2-6-14(13)17/h2-8,13,16H,9-11,20H2,1H3. The fourth-order valence-electron chi connectivity index (χ4n) is 3.05. The summed E-state index contributed by atoms with van der Waals surface area (Å²) in [5, 5.41) is 0. The molecule has 0 aliphatic carbocycles. The summed E-state index contributed by atoms with van der Waals surface area (Å²) in [6, 6.07) is 13.2. The number of para-hydroxylation sites is 1. The molecule has 0 aromatic heterocycles. The molecule has 0 amide bonds. The Morgan fingerprint density at radius 2 is 2.05 bits per heavy atom. The molecule has 1 heterocycles. The summed E-state index contributed by atoms with van der Waals surface area (Å²) in [5.41, 5.74) is 8.72. The van der Waals surface area contributed by atoms with Gasteiger partial charge in [-0.1, -0.05) is 36.4 Å². The summed E-state index contributed by atoms with van der Waals surface area (Å²) < 4.78 is 19.9. The Bertz CT molecular complexity index is 641. The van der Waals surface area contributed by atoms with E-state index in [2.05, 4.69) is 6.07 Å². The van der Waals surface area contributed by atoms with Crippen LogP contribution in [0.2, 0.25) is 0 Å². The first kappa shape index (κ1) is 14.1. The van der Waals surface area contributed by atoms with Crippen LogP contribution in [0, 0.1) is 12.7 Å². The van der Waals surface area contributed by atoms with Crippen molar-refractivity contribution in [3.63, 3.8) is 0 Å². The second-order valence-corrected chi connectivity index (χ2v) is 5.69. The number of halogens is 1. The van der Waals surface area contributed by atoms with Crippen LogP contribution in [0.3, 0.4) is 0 Å². The van der Waals surface area contributed by atoms with Crippen molar-refractivity contribution in [2.24, 2.45) is 5.73 Å². The van der Waals surface area contributed by atoms with Crippen LogP contribution in [0.1, 0.15) is 41.5 Å². The molecule has 0 saturated carbocycles. The van der Waals surface area contributed by atoms with Gasteiger partial charge in [0.05, 0.1) is 6.61 Å². The van der Waals surface area contributed by atoms with E-state index in [4.69, 9.17) is 10.5 Å². The van der Waals surface area contributed by atoms with Crippen molar-refractivity contribution in [3.05, 3.63) is 65.0 Å². The van der Waals surface area contributed by atoms with E-state index in [0.717, 1.165) is 18.6 Å². The van der Waals surface area contributed by atoms with Crippen molar-refractivity contribution in [1.82, 2.24) is 0 Å². The zero-order valence-corrected chi connectivity index (χ0v) is 12.2. The highest BCUT2D eigenvalue weighted by Gasteiger charge is 2.24. The van der Waals surface area contributed by atoms with Gasteiger partial charge in [-0.05, 0) is 42.9 Å². The van der Waals surface area contributed by atoms with Gasteiger partial charge in [-0.25, -0.2) is 4.39 Å². The molecule has 2 aromatic rings. The molecule has 3 rings (SSSR count). The van der Waals surface area contributed by atoms with Crippen molar-refractivity contribution in [2.45, 2.75) is 31.7 Å². The molecule has 2 nitrogen and oxygen atoms in total. The predicted molar refractivity (Wildman–Crippen MR) is 82.0 cm³/mol. The van der Waals surface area contributed by atoms with Gasteiger partial charge in [0.1, 0.15) is 11.6 Å². The summed E-state index contributed by atoms with van der Waals surface area (Å²) in [6.07, 6.45) is 1.67. The maximum atomic E-state index is 14.2. The van der Waals surface area contributed by atoms with Gasteiger partial charge in [0, 0.05) is 11.6 Å². The fourth-order valence-corrected chi connectivity index (χ4v) is 3.05. The molecule has 2 aromatic carbocycles. The van der Waals surface area contributed by atoms with Crippen LogP contribution in [0.25, 0.3) is 0 Å². The Labute approximate surface area is 124 Å². The first-order valence-corrected chi connectivity index (χ1v) is 7.39. The SMILES string of the molecule is Cc1cccc(C(N)CC2CCOc3ccccc32)c1F. The monoisotopic (exact) mass is 285 g/mol. The Morgan fingerprint density at radius 1 is 1.24 bits per heavy atom. The quantitative estimate of drug-likeness (QED) is 0.922. The summed E-state index contributed by atoms with van der Waals surface area (Å²) in [4.78, 5) is 0. The number of hydrogen-bond acceptors (Lipinski definition) is 2. The van der Waals surface area contributed by atoms with E-state index in [9.17, 15) is 4.39 Å². The van der Waals surface area contributed by atoms with Gasteiger partial charge in [0.2, 0.25) is 0 Å². The van der Waals surface area contributed by atoms with Crippen LogP contribution in [0.4, 0.5) is 4.39 Å². The molecule has 3 heteroatoms. The molecule has 0 spiro atoms. The Hall–Kier alpha value is -1.87. The van der Waals surface area contributed by atoms with Crippen molar-refractivity contribution < 1.29 is 9.13 Å². The molecule has 0 saturated heterocycles. The summed E-state index contributed by atoms with van der Waals surface area (Å²) in [6.45, 7) is 2.47. The summed E-state index contributed by atoms with van der Waals surface area (Å²) in [5.74, 6) is 1.08. The molecule has 0 fully saturated rings. The summed E-state index contributed by atoms with van der Waals surface area (Å²) in [7, 11) is 0. The Balaban J connectivity index is 1.83. The number of fused-ring (bicyclic) bond motifs is 1. The topological polar surface area (TPSA) is 35.2 Å². The molecule has 2 unspecified atom stereocenters. The smallest absolute Gasteiger partial charge is 0.130 e. The minimum atomic E-state index is -0.291. The average molecular weight is 285 g/mol. The first-order valence-electron chi connectivity index (χ1n) is 7.39. The highest BCUT2D eigenvalue weighted by atomic mass is 19.1. The number of nitrogens with two attached hydrogens (primary N) is 1. The van der Waals surface area contributed by atoms with E-state index in [1.54, 1.807) is 19.1 Å². The van der Waals surface area contributed by atoms with E-state index < -0.39 is 0 Å². The van der Waals surface area contributed by atoms with Gasteiger partial charge < -0.3 is 10.5 Å². The molecule has 0 bridgehead atoms. The van der Waals surface area contributed by atoms with Crippen LogP contribution >= 0.6 is 0 Å². The fraction of sp³-hybridized carbons (Fsp3) is 0.333. The molecule has 1 aliphatic heterocycles. The maximum Gasteiger partial charge on any atom is 0.130 e. The van der Waals surface area contributed by atoms with E-state index in [0.29, 0.717) is 23.7 Å². The highest BCUT2D eigenvalue weighted by molar-refractivity contribution is 5.38. The zero-order chi connectivity index (χ0) is 14.8. The molecule has 2 atom stereocenters.